The molecule has 0 aliphatic carbocycles. The van der Waals surface area contributed by atoms with Gasteiger partial charge in [0.25, 0.3) is 6.43 Å². The molecule has 0 fully saturated rings. The summed E-state index contributed by atoms with van der Waals surface area (Å²) in [6.07, 6.45) is -2.88. The number of carbonyl (C=O) groups is 3. The molecule has 2 aromatic carbocycles. The lowest BCUT2D eigenvalue weighted by Crippen LogP contribution is -2.44. The van der Waals surface area contributed by atoms with Crippen LogP contribution in [0.4, 0.5) is 17.6 Å². The van der Waals surface area contributed by atoms with Crippen molar-refractivity contribution in [2.24, 2.45) is 0 Å². The zero-order valence-electron chi connectivity index (χ0n) is 21.5. The first-order valence-electron chi connectivity index (χ1n) is 12.3. The first-order valence-corrected chi connectivity index (χ1v) is 15.8. The molecule has 1 heterocycles. The maximum atomic E-state index is 14.8. The number of nitrogens with zero attached hydrogens (tertiary/aromatic N) is 1. The van der Waals surface area contributed by atoms with Gasteiger partial charge < -0.3 is 14.7 Å². The largest absolute Gasteiger partial charge is 0.488 e. The molecule has 0 unspecified atom stereocenters. The molecule has 0 spiro atoms. The van der Waals surface area contributed by atoms with Crippen molar-refractivity contribution >= 4 is 30.9 Å². The topological polar surface area (TPSA) is 83.9 Å². The molecule has 1 atom stereocenters. The van der Waals surface area contributed by atoms with Gasteiger partial charge in [-0.05, 0) is 53.8 Å². The fourth-order valence-corrected chi connectivity index (χ4v) is 6.32. The van der Waals surface area contributed by atoms with Crippen molar-refractivity contribution in [2.75, 3.05) is 13.2 Å². The van der Waals surface area contributed by atoms with Crippen LogP contribution in [-0.4, -0.2) is 55.3 Å². The predicted octanol–water partition coefficient (Wildman–Crippen LogP) is 4.65. The number of benzene rings is 2. The van der Waals surface area contributed by atoms with E-state index in [9.17, 15) is 31.9 Å². The summed E-state index contributed by atoms with van der Waals surface area (Å²) in [5.41, 5.74) is 1.24. The van der Waals surface area contributed by atoms with Crippen LogP contribution >= 0.6 is 0 Å². The number of alkyl halides is 2. The summed E-state index contributed by atoms with van der Waals surface area (Å²) in [6.45, 7) is 4.77. The molecular formula is C27H31F4NO5Si. The number of fused-ring (bicyclic) bond motifs is 1. The van der Waals surface area contributed by atoms with Gasteiger partial charge in [-0.25, -0.2) is 17.6 Å². The highest BCUT2D eigenvalue weighted by Gasteiger charge is 2.36. The van der Waals surface area contributed by atoms with Crippen LogP contribution in [0.5, 0.6) is 5.75 Å². The van der Waals surface area contributed by atoms with E-state index >= 15 is 0 Å². The summed E-state index contributed by atoms with van der Waals surface area (Å²) in [6, 6.07) is 5.74. The number of hydrogen-bond donors (Lipinski definition) is 1. The van der Waals surface area contributed by atoms with Gasteiger partial charge in [0, 0.05) is 31.0 Å². The van der Waals surface area contributed by atoms with Gasteiger partial charge in [-0.1, -0.05) is 25.7 Å². The number of carboxylic acid groups (broad SMARTS) is 1. The first kappa shape index (κ1) is 29.3. The van der Waals surface area contributed by atoms with Crippen molar-refractivity contribution in [3.8, 4) is 5.75 Å². The average molecular weight is 554 g/mol. The number of amides is 1. The van der Waals surface area contributed by atoms with Gasteiger partial charge in [0.2, 0.25) is 5.91 Å². The maximum absolute atomic E-state index is 14.8. The molecule has 1 aliphatic heterocycles. The molecule has 2 aromatic rings. The van der Waals surface area contributed by atoms with Crippen molar-refractivity contribution in [2.45, 2.75) is 64.2 Å². The number of hydrogen-bond acceptors (Lipinski definition) is 4. The maximum Gasteiger partial charge on any atom is 0.303 e. The second-order valence-corrected chi connectivity index (χ2v) is 15.4. The summed E-state index contributed by atoms with van der Waals surface area (Å²) >= 11 is 0. The Labute approximate surface area is 219 Å². The molecule has 1 N–H and O–H groups in total. The Morgan fingerprint density at radius 2 is 1.74 bits per heavy atom. The number of Topliss-reactive ketones (excluding diaryl/α,β-unsaturated/α-hetero) is 1. The van der Waals surface area contributed by atoms with Gasteiger partial charge in [0.1, 0.15) is 30.0 Å². The molecule has 11 heteroatoms. The van der Waals surface area contributed by atoms with E-state index in [0.717, 1.165) is 12.1 Å². The lowest BCUT2D eigenvalue weighted by molar-refractivity contribution is -0.141. The van der Waals surface area contributed by atoms with Gasteiger partial charge in [0.05, 0.1) is 8.07 Å². The van der Waals surface area contributed by atoms with E-state index in [1.165, 1.54) is 17.0 Å². The first-order chi connectivity index (χ1) is 17.8. The molecule has 38 heavy (non-hydrogen) atoms. The number of aliphatic carboxylic acids is 1. The third-order valence-corrected chi connectivity index (χ3v) is 8.33. The van der Waals surface area contributed by atoms with Crippen LogP contribution in [-0.2, 0) is 27.2 Å². The van der Waals surface area contributed by atoms with Crippen molar-refractivity contribution in [1.29, 1.82) is 0 Å². The SMILES string of the molecule is C[Si](C)(C)c1c(F)cc(CC(=O)[C@H]2c3ccc(OCC(F)F)cc3CCN2C(=O)CCCC(=O)O)cc1F. The smallest absolute Gasteiger partial charge is 0.303 e. The minimum atomic E-state index is -2.66. The molecule has 1 amide bonds. The monoisotopic (exact) mass is 553 g/mol. The normalized spacial score (nSPS) is 15.4. The van der Waals surface area contributed by atoms with Crippen LogP contribution in [0.2, 0.25) is 19.6 Å². The van der Waals surface area contributed by atoms with Gasteiger partial charge in [-0.2, -0.15) is 0 Å². The van der Waals surface area contributed by atoms with Gasteiger partial charge in [0.15, 0.2) is 5.78 Å². The van der Waals surface area contributed by atoms with E-state index < -0.39 is 56.4 Å². The third-order valence-electron chi connectivity index (χ3n) is 6.36. The molecular weight excluding hydrogens is 522 g/mol. The molecule has 1 aliphatic rings. The highest BCUT2D eigenvalue weighted by Crippen LogP contribution is 2.34. The zero-order valence-corrected chi connectivity index (χ0v) is 22.5. The lowest BCUT2D eigenvalue weighted by Gasteiger charge is -2.37. The number of rotatable bonds is 11. The van der Waals surface area contributed by atoms with Crippen LogP contribution in [0.3, 0.4) is 0 Å². The number of halogens is 4. The Hall–Kier alpha value is -3.21. The molecule has 0 saturated carbocycles. The summed E-state index contributed by atoms with van der Waals surface area (Å²) in [7, 11) is -2.32. The molecule has 0 radical (unpaired) electrons. The van der Waals surface area contributed by atoms with Crippen LogP contribution in [0, 0.1) is 11.6 Å². The summed E-state index contributed by atoms with van der Waals surface area (Å²) in [5.74, 6) is -3.16. The fraction of sp³-hybridized carbons (Fsp3) is 0.444. The summed E-state index contributed by atoms with van der Waals surface area (Å²) < 4.78 is 59.9. The third kappa shape index (κ3) is 7.21. The van der Waals surface area contributed by atoms with Crippen molar-refractivity contribution in [3.05, 3.63) is 58.7 Å². The van der Waals surface area contributed by atoms with Crippen LogP contribution < -0.4 is 9.92 Å². The van der Waals surface area contributed by atoms with E-state index in [2.05, 4.69) is 0 Å². The second-order valence-electron chi connectivity index (χ2n) is 10.4. The van der Waals surface area contributed by atoms with E-state index in [0.29, 0.717) is 17.5 Å². The van der Waals surface area contributed by atoms with Gasteiger partial charge in [-0.3, -0.25) is 14.4 Å². The molecule has 6 nitrogen and oxygen atoms in total. The Morgan fingerprint density at radius 1 is 1.08 bits per heavy atom. The number of ketones is 1. The van der Waals surface area contributed by atoms with Gasteiger partial charge >= 0.3 is 5.97 Å². The van der Waals surface area contributed by atoms with Crippen LogP contribution in [0.25, 0.3) is 0 Å². The van der Waals surface area contributed by atoms with Crippen molar-refractivity contribution < 1.29 is 41.8 Å². The molecule has 0 aromatic heterocycles. The van der Waals surface area contributed by atoms with E-state index in [1.807, 2.05) is 19.6 Å². The van der Waals surface area contributed by atoms with Crippen LogP contribution in [0.15, 0.2) is 30.3 Å². The molecule has 3 rings (SSSR count). The molecule has 206 valence electrons. The average Bonchev–Trinajstić information content (AvgIpc) is 2.80. The van der Waals surface area contributed by atoms with Gasteiger partial charge in [-0.15, -0.1) is 0 Å². The highest BCUT2D eigenvalue weighted by molar-refractivity contribution is 6.88. The summed E-state index contributed by atoms with van der Waals surface area (Å²) in [5, 5.41) is 8.94. The van der Waals surface area contributed by atoms with Crippen molar-refractivity contribution in [1.82, 2.24) is 4.90 Å². The standard InChI is InChI=1S/C27H31F4NO5Si/c1-38(2,3)27-20(28)11-16(12-21(27)29)13-22(33)26-19-8-7-18(37-15-23(30)31)14-17(19)9-10-32(26)24(34)5-4-6-25(35)36/h7-8,11-12,14,23,26H,4-6,9-10,13,15H2,1-3H3,(H,35,36)/t26-/m1/s1. The predicted molar refractivity (Wildman–Crippen MR) is 136 cm³/mol. The second kappa shape index (κ2) is 12.1. The molecule has 0 saturated heterocycles. The van der Waals surface area contributed by atoms with E-state index in [-0.39, 0.29) is 48.7 Å². The quantitative estimate of drug-likeness (QED) is 0.324. The number of ether oxygens (including phenoxy) is 1. The Bertz CT molecular complexity index is 1190. The Morgan fingerprint density at radius 3 is 2.32 bits per heavy atom. The van der Waals surface area contributed by atoms with E-state index in [1.54, 1.807) is 6.07 Å². The zero-order chi connectivity index (χ0) is 28.2. The Kier molecular flexibility index (Phi) is 9.34. The molecule has 0 bridgehead atoms. The fourth-order valence-electron chi connectivity index (χ4n) is 4.74. The highest BCUT2D eigenvalue weighted by atomic mass is 28.3. The Balaban J connectivity index is 1.93. The van der Waals surface area contributed by atoms with Crippen molar-refractivity contribution in [3.63, 3.8) is 0 Å². The number of carbonyl (C=O) groups excluding carboxylic acids is 2. The minimum Gasteiger partial charge on any atom is -0.488 e. The number of carboxylic acids is 1. The van der Waals surface area contributed by atoms with E-state index in [4.69, 9.17) is 9.84 Å². The minimum absolute atomic E-state index is 0.0447. The van der Waals surface area contributed by atoms with Crippen LogP contribution in [0.1, 0.15) is 42.0 Å². The lowest BCUT2D eigenvalue weighted by atomic mass is 9.87. The summed E-state index contributed by atoms with van der Waals surface area (Å²) in [4.78, 5) is 38.8.